The van der Waals surface area contributed by atoms with Gasteiger partial charge in [0.05, 0.1) is 18.6 Å². The van der Waals surface area contributed by atoms with Crippen molar-refractivity contribution in [3.8, 4) is 11.5 Å². The molecule has 28 heavy (non-hydrogen) atoms. The Labute approximate surface area is 165 Å². The maximum atomic E-state index is 12.6. The quantitative estimate of drug-likeness (QED) is 0.789. The van der Waals surface area contributed by atoms with Crippen molar-refractivity contribution in [2.24, 2.45) is 5.92 Å². The Bertz CT molecular complexity index is 815. The average Bonchev–Trinajstić information content (AvgIpc) is 3.06. The van der Waals surface area contributed by atoms with Crippen molar-refractivity contribution in [2.75, 3.05) is 23.4 Å². The van der Waals surface area contributed by atoms with Crippen LogP contribution in [0.4, 0.5) is 11.4 Å². The predicted octanol–water partition coefficient (Wildman–Crippen LogP) is 3.86. The zero-order valence-electron chi connectivity index (χ0n) is 16.5. The first kappa shape index (κ1) is 19.7. The molecule has 1 fully saturated rings. The zero-order chi connectivity index (χ0) is 20.1. The molecule has 3 rings (SSSR count). The van der Waals surface area contributed by atoms with E-state index in [9.17, 15) is 9.59 Å². The fourth-order valence-corrected chi connectivity index (χ4v) is 3.16. The molecule has 0 aliphatic carbocycles. The lowest BCUT2D eigenvalue weighted by molar-refractivity contribution is -0.122. The van der Waals surface area contributed by atoms with Gasteiger partial charge in [-0.05, 0) is 69.3 Å². The van der Waals surface area contributed by atoms with E-state index in [-0.39, 0.29) is 30.3 Å². The van der Waals surface area contributed by atoms with E-state index in [1.165, 1.54) is 0 Å². The van der Waals surface area contributed by atoms with Crippen molar-refractivity contribution in [3.63, 3.8) is 0 Å². The van der Waals surface area contributed by atoms with Crippen LogP contribution in [0, 0.1) is 5.92 Å². The minimum Gasteiger partial charge on any atom is -0.494 e. The first-order valence-electron chi connectivity index (χ1n) is 9.57. The number of rotatable bonds is 7. The first-order chi connectivity index (χ1) is 13.5. The number of nitrogens with one attached hydrogen (secondary N) is 1. The van der Waals surface area contributed by atoms with Gasteiger partial charge in [-0.15, -0.1) is 0 Å². The maximum absolute atomic E-state index is 12.6. The summed E-state index contributed by atoms with van der Waals surface area (Å²) >= 11 is 0. The maximum Gasteiger partial charge on any atom is 0.229 e. The van der Waals surface area contributed by atoms with Gasteiger partial charge in [0, 0.05) is 24.3 Å². The Morgan fingerprint density at radius 1 is 1.11 bits per heavy atom. The topological polar surface area (TPSA) is 67.9 Å². The van der Waals surface area contributed by atoms with Crippen LogP contribution in [0.25, 0.3) is 0 Å². The van der Waals surface area contributed by atoms with Crippen molar-refractivity contribution in [1.82, 2.24) is 0 Å². The Hall–Kier alpha value is -3.02. The van der Waals surface area contributed by atoms with Crippen molar-refractivity contribution >= 4 is 23.2 Å². The highest BCUT2D eigenvalue weighted by molar-refractivity contribution is 6.03. The highest BCUT2D eigenvalue weighted by Gasteiger charge is 2.35. The summed E-state index contributed by atoms with van der Waals surface area (Å²) in [5.74, 6) is 0.928. The van der Waals surface area contributed by atoms with E-state index in [0.29, 0.717) is 18.8 Å². The number of hydrogen-bond donors (Lipinski definition) is 1. The molecule has 0 bridgehead atoms. The molecule has 1 N–H and O–H groups in total. The highest BCUT2D eigenvalue weighted by Crippen LogP contribution is 2.28. The summed E-state index contributed by atoms with van der Waals surface area (Å²) in [6, 6.07) is 14.6. The van der Waals surface area contributed by atoms with E-state index >= 15 is 0 Å². The summed E-state index contributed by atoms with van der Waals surface area (Å²) in [5.41, 5.74) is 1.46. The van der Waals surface area contributed by atoms with Gasteiger partial charge in [-0.2, -0.15) is 0 Å². The van der Waals surface area contributed by atoms with Crippen LogP contribution in [0.15, 0.2) is 48.5 Å². The lowest BCUT2D eigenvalue weighted by Gasteiger charge is -2.18. The first-order valence-corrected chi connectivity index (χ1v) is 9.57. The molecule has 1 aliphatic rings. The number of ether oxygens (including phenoxy) is 2. The van der Waals surface area contributed by atoms with Crippen LogP contribution >= 0.6 is 0 Å². The van der Waals surface area contributed by atoms with Gasteiger partial charge < -0.3 is 19.7 Å². The summed E-state index contributed by atoms with van der Waals surface area (Å²) in [4.78, 5) is 26.7. The van der Waals surface area contributed by atoms with Crippen molar-refractivity contribution < 1.29 is 19.1 Å². The van der Waals surface area contributed by atoms with E-state index in [1.807, 2.05) is 57.2 Å². The fourth-order valence-electron chi connectivity index (χ4n) is 3.16. The van der Waals surface area contributed by atoms with E-state index in [0.717, 1.165) is 17.2 Å². The van der Waals surface area contributed by atoms with Gasteiger partial charge in [0.15, 0.2) is 0 Å². The summed E-state index contributed by atoms with van der Waals surface area (Å²) in [5, 5.41) is 2.88. The number of hydrogen-bond acceptors (Lipinski definition) is 4. The third-order valence-corrected chi connectivity index (χ3v) is 4.45. The van der Waals surface area contributed by atoms with Gasteiger partial charge >= 0.3 is 0 Å². The van der Waals surface area contributed by atoms with Gasteiger partial charge in [-0.1, -0.05) is 0 Å². The normalized spacial score (nSPS) is 16.4. The molecule has 0 unspecified atom stereocenters. The second kappa shape index (κ2) is 8.78. The summed E-state index contributed by atoms with van der Waals surface area (Å²) in [7, 11) is 0. The van der Waals surface area contributed by atoms with Crippen LogP contribution in [0.1, 0.15) is 27.2 Å². The molecule has 0 saturated carbocycles. The molecule has 0 aromatic heterocycles. The molecule has 1 aliphatic heterocycles. The van der Waals surface area contributed by atoms with E-state index < -0.39 is 0 Å². The second-order valence-electron chi connectivity index (χ2n) is 7.01. The lowest BCUT2D eigenvalue weighted by Crippen LogP contribution is -2.28. The smallest absolute Gasteiger partial charge is 0.229 e. The summed E-state index contributed by atoms with van der Waals surface area (Å²) < 4.78 is 11.0. The van der Waals surface area contributed by atoms with Gasteiger partial charge in [0.2, 0.25) is 11.8 Å². The molecule has 2 amide bonds. The fraction of sp³-hybridized carbons (Fsp3) is 0.364. The Balaban J connectivity index is 1.60. The van der Waals surface area contributed by atoms with Crippen molar-refractivity contribution in [2.45, 2.75) is 33.3 Å². The number of amides is 2. The van der Waals surface area contributed by atoms with Gasteiger partial charge in [0.25, 0.3) is 0 Å². The third kappa shape index (κ3) is 4.82. The van der Waals surface area contributed by atoms with Gasteiger partial charge in [0.1, 0.15) is 11.5 Å². The minimum absolute atomic E-state index is 0.0515. The molecular weight excluding hydrogens is 356 g/mol. The predicted molar refractivity (Wildman–Crippen MR) is 109 cm³/mol. The molecule has 6 nitrogen and oxygen atoms in total. The van der Waals surface area contributed by atoms with Gasteiger partial charge in [-0.3, -0.25) is 9.59 Å². The lowest BCUT2D eigenvalue weighted by atomic mass is 10.1. The van der Waals surface area contributed by atoms with Crippen LogP contribution in [0.2, 0.25) is 0 Å². The monoisotopic (exact) mass is 382 g/mol. The molecular formula is C22H26N2O4. The number of nitrogens with zero attached hydrogens (tertiary/aromatic N) is 1. The molecule has 6 heteroatoms. The van der Waals surface area contributed by atoms with E-state index in [4.69, 9.17) is 9.47 Å². The van der Waals surface area contributed by atoms with E-state index in [2.05, 4.69) is 5.32 Å². The van der Waals surface area contributed by atoms with Crippen molar-refractivity contribution in [1.29, 1.82) is 0 Å². The molecule has 0 radical (unpaired) electrons. The van der Waals surface area contributed by atoms with E-state index in [1.54, 1.807) is 17.0 Å². The van der Waals surface area contributed by atoms with Crippen LogP contribution in [0.5, 0.6) is 11.5 Å². The second-order valence-corrected chi connectivity index (χ2v) is 7.01. The van der Waals surface area contributed by atoms with Gasteiger partial charge in [-0.25, -0.2) is 0 Å². The van der Waals surface area contributed by atoms with Crippen LogP contribution in [-0.4, -0.2) is 31.1 Å². The Morgan fingerprint density at radius 3 is 2.36 bits per heavy atom. The van der Waals surface area contributed by atoms with Crippen LogP contribution in [-0.2, 0) is 9.59 Å². The number of anilines is 2. The molecule has 1 atom stereocenters. The molecule has 1 heterocycles. The number of benzene rings is 2. The summed E-state index contributed by atoms with van der Waals surface area (Å²) in [6.45, 7) is 6.81. The van der Waals surface area contributed by atoms with Crippen molar-refractivity contribution in [3.05, 3.63) is 48.5 Å². The Kier molecular flexibility index (Phi) is 6.19. The van der Waals surface area contributed by atoms with Crippen LogP contribution in [0.3, 0.4) is 0 Å². The number of carbonyl (C=O) groups is 2. The zero-order valence-corrected chi connectivity index (χ0v) is 16.5. The number of carbonyl (C=O) groups excluding carboxylic acids is 2. The molecule has 2 aromatic carbocycles. The molecule has 148 valence electrons. The highest BCUT2D eigenvalue weighted by atomic mass is 16.5. The van der Waals surface area contributed by atoms with Crippen LogP contribution < -0.4 is 19.7 Å². The SMILES string of the molecule is CCOc1ccc(NC(=O)[C@H]2CC(=O)N(c3ccc(OC(C)C)cc3)C2)cc1. The average molecular weight is 382 g/mol. The minimum atomic E-state index is -0.384. The summed E-state index contributed by atoms with van der Waals surface area (Å²) in [6.07, 6.45) is 0.294. The Morgan fingerprint density at radius 2 is 1.75 bits per heavy atom. The standard InChI is InChI=1S/C22H26N2O4/c1-4-27-19-9-5-17(6-10-19)23-22(26)16-13-21(25)24(14-16)18-7-11-20(12-8-18)28-15(2)3/h5-12,15-16H,4,13-14H2,1-3H3,(H,23,26)/t16-/m0/s1. The molecule has 0 spiro atoms. The molecule has 2 aromatic rings. The largest absolute Gasteiger partial charge is 0.494 e. The third-order valence-electron chi connectivity index (χ3n) is 4.45. The molecule has 1 saturated heterocycles.